The minimum absolute atomic E-state index is 0.707. The molecule has 0 amide bonds. The van der Waals surface area contributed by atoms with Crippen LogP contribution in [0.3, 0.4) is 0 Å². The fourth-order valence-electron chi connectivity index (χ4n) is 1.59. The summed E-state index contributed by atoms with van der Waals surface area (Å²) in [6, 6.07) is 2.11. The summed E-state index contributed by atoms with van der Waals surface area (Å²) in [5.41, 5.74) is 0. The number of nitrogens with zero attached hydrogens (tertiary/aromatic N) is 2. The molecule has 20 heavy (non-hydrogen) atoms. The summed E-state index contributed by atoms with van der Waals surface area (Å²) in [5, 5.41) is 9.74. The molecule has 2 N–H and O–H groups in total. The minimum atomic E-state index is 0.707. The molecule has 0 aliphatic heterocycles. The zero-order chi connectivity index (χ0) is 14.4. The topological polar surface area (TPSA) is 49.3 Å². The number of nitrogens with one attached hydrogen (secondary N) is 2. The number of thiazole rings is 1. The van der Waals surface area contributed by atoms with Gasteiger partial charge >= 0.3 is 0 Å². The number of guanidine groups is 1. The number of hydrogen-bond acceptors (Lipinski definition) is 4. The standard InChI is InChI=1S/C13H17BrN4S2/c1-3-10-5-16-12(20-10)7-18-13(15-2)17-6-11-4-9(14)8-19-11/h4-5,8H,3,6-7H2,1-2H3,(H2,15,17,18). The van der Waals surface area contributed by atoms with Crippen molar-refractivity contribution in [1.82, 2.24) is 15.6 Å². The van der Waals surface area contributed by atoms with E-state index in [9.17, 15) is 0 Å². The highest BCUT2D eigenvalue weighted by molar-refractivity contribution is 9.10. The highest BCUT2D eigenvalue weighted by atomic mass is 79.9. The Kier molecular flexibility index (Phi) is 6.00. The zero-order valence-electron chi connectivity index (χ0n) is 11.4. The van der Waals surface area contributed by atoms with Gasteiger partial charge in [0.15, 0.2) is 5.96 Å². The lowest BCUT2D eigenvalue weighted by Gasteiger charge is -2.09. The van der Waals surface area contributed by atoms with Crippen molar-refractivity contribution in [2.24, 2.45) is 4.99 Å². The van der Waals surface area contributed by atoms with Gasteiger partial charge in [0, 0.05) is 32.9 Å². The molecule has 0 saturated carbocycles. The predicted octanol–water partition coefficient (Wildman–Crippen LogP) is 3.39. The summed E-state index contributed by atoms with van der Waals surface area (Å²) in [5.74, 6) is 0.794. The molecule has 0 atom stereocenters. The fraction of sp³-hybridized carbons (Fsp3) is 0.385. The van der Waals surface area contributed by atoms with Gasteiger partial charge in [-0.25, -0.2) is 4.98 Å². The van der Waals surface area contributed by atoms with Gasteiger partial charge in [-0.05, 0) is 28.4 Å². The highest BCUT2D eigenvalue weighted by Crippen LogP contribution is 2.19. The lowest BCUT2D eigenvalue weighted by Crippen LogP contribution is -2.36. The maximum Gasteiger partial charge on any atom is 0.191 e. The maximum absolute atomic E-state index is 4.38. The van der Waals surface area contributed by atoms with E-state index in [-0.39, 0.29) is 0 Å². The Morgan fingerprint density at radius 1 is 1.35 bits per heavy atom. The van der Waals surface area contributed by atoms with Crippen LogP contribution in [0, 0.1) is 0 Å². The van der Waals surface area contributed by atoms with E-state index < -0.39 is 0 Å². The van der Waals surface area contributed by atoms with Gasteiger partial charge < -0.3 is 10.6 Å². The average Bonchev–Trinajstić information content (AvgIpc) is 3.08. The number of halogens is 1. The lowest BCUT2D eigenvalue weighted by atomic mass is 10.4. The molecule has 0 aliphatic carbocycles. The molecule has 0 bridgehead atoms. The molecule has 2 rings (SSSR count). The van der Waals surface area contributed by atoms with Crippen LogP contribution in [0.25, 0.3) is 0 Å². The molecule has 0 fully saturated rings. The maximum atomic E-state index is 4.38. The molecule has 2 aromatic rings. The van der Waals surface area contributed by atoms with E-state index in [1.807, 2.05) is 6.20 Å². The van der Waals surface area contributed by atoms with Crippen molar-refractivity contribution in [3.8, 4) is 0 Å². The van der Waals surface area contributed by atoms with Gasteiger partial charge in [-0.2, -0.15) is 0 Å². The molecule has 4 nitrogen and oxygen atoms in total. The van der Waals surface area contributed by atoms with Crippen molar-refractivity contribution in [3.63, 3.8) is 0 Å². The third-order valence-electron chi connectivity index (χ3n) is 2.63. The number of aliphatic imine (C=N–C) groups is 1. The number of hydrogen-bond donors (Lipinski definition) is 2. The third-order valence-corrected chi connectivity index (χ3v) is 5.47. The summed E-state index contributed by atoms with van der Waals surface area (Å²) in [6.07, 6.45) is 2.99. The normalized spacial score (nSPS) is 11.7. The van der Waals surface area contributed by atoms with Crippen LogP contribution in [0.15, 0.2) is 27.1 Å². The molecule has 0 aromatic carbocycles. The molecule has 2 aromatic heterocycles. The van der Waals surface area contributed by atoms with E-state index in [1.165, 1.54) is 9.75 Å². The summed E-state index contributed by atoms with van der Waals surface area (Å²) in [6.45, 7) is 3.62. The minimum Gasteiger partial charge on any atom is -0.352 e. The molecule has 7 heteroatoms. The Labute approximate surface area is 135 Å². The summed E-state index contributed by atoms with van der Waals surface area (Å²) < 4.78 is 1.12. The van der Waals surface area contributed by atoms with Crippen LogP contribution in [0.2, 0.25) is 0 Å². The first-order valence-electron chi connectivity index (χ1n) is 6.32. The Morgan fingerprint density at radius 3 is 2.75 bits per heavy atom. The Balaban J connectivity index is 1.80. The van der Waals surface area contributed by atoms with Gasteiger partial charge in [-0.15, -0.1) is 22.7 Å². The Hall–Kier alpha value is -0.920. The number of aryl methyl sites for hydroxylation is 1. The van der Waals surface area contributed by atoms with Crippen molar-refractivity contribution in [2.45, 2.75) is 26.4 Å². The molecule has 2 heterocycles. The quantitative estimate of drug-likeness (QED) is 0.624. The largest absolute Gasteiger partial charge is 0.352 e. The van der Waals surface area contributed by atoms with Gasteiger partial charge in [0.1, 0.15) is 5.01 Å². The first-order chi connectivity index (χ1) is 9.71. The second kappa shape index (κ2) is 7.75. The van der Waals surface area contributed by atoms with Gasteiger partial charge in [0.2, 0.25) is 0 Å². The van der Waals surface area contributed by atoms with E-state index in [4.69, 9.17) is 0 Å². The van der Waals surface area contributed by atoms with Crippen molar-refractivity contribution in [1.29, 1.82) is 0 Å². The molecule has 0 saturated heterocycles. The molecule has 108 valence electrons. The van der Waals surface area contributed by atoms with E-state index in [1.54, 1.807) is 29.7 Å². The summed E-state index contributed by atoms with van der Waals surface area (Å²) in [7, 11) is 1.78. The Bertz CT molecular complexity index is 576. The van der Waals surface area contributed by atoms with Crippen LogP contribution in [-0.4, -0.2) is 18.0 Å². The lowest BCUT2D eigenvalue weighted by molar-refractivity contribution is 0.811. The predicted molar refractivity (Wildman–Crippen MR) is 90.5 cm³/mol. The van der Waals surface area contributed by atoms with Crippen LogP contribution in [0.5, 0.6) is 0 Å². The third kappa shape index (κ3) is 4.57. The van der Waals surface area contributed by atoms with E-state index in [2.05, 4.69) is 54.9 Å². The Morgan fingerprint density at radius 2 is 2.15 bits per heavy atom. The SMILES string of the molecule is CCc1cnc(CNC(=NC)NCc2cc(Br)cs2)s1. The number of thiophene rings is 1. The second-order valence-corrected chi connectivity index (χ2v) is 7.20. The van der Waals surface area contributed by atoms with Crippen molar-refractivity contribution < 1.29 is 0 Å². The van der Waals surface area contributed by atoms with Gasteiger partial charge in [0.25, 0.3) is 0 Å². The highest BCUT2D eigenvalue weighted by Gasteiger charge is 2.03. The van der Waals surface area contributed by atoms with Gasteiger partial charge in [-0.1, -0.05) is 6.92 Å². The molecular weight excluding hydrogens is 356 g/mol. The molecule has 0 radical (unpaired) electrons. The first-order valence-corrected chi connectivity index (χ1v) is 8.81. The van der Waals surface area contributed by atoms with Gasteiger partial charge in [-0.3, -0.25) is 4.99 Å². The van der Waals surface area contributed by atoms with E-state index in [0.717, 1.165) is 28.4 Å². The smallest absolute Gasteiger partial charge is 0.191 e. The van der Waals surface area contributed by atoms with E-state index >= 15 is 0 Å². The van der Waals surface area contributed by atoms with Crippen LogP contribution in [0.1, 0.15) is 21.7 Å². The van der Waals surface area contributed by atoms with Gasteiger partial charge in [0.05, 0.1) is 13.1 Å². The zero-order valence-corrected chi connectivity index (χ0v) is 14.7. The van der Waals surface area contributed by atoms with E-state index in [0.29, 0.717) is 6.54 Å². The van der Waals surface area contributed by atoms with Crippen LogP contribution < -0.4 is 10.6 Å². The second-order valence-electron chi connectivity index (χ2n) is 4.08. The number of aromatic nitrogens is 1. The fourth-order valence-corrected chi connectivity index (χ4v) is 3.78. The summed E-state index contributed by atoms with van der Waals surface area (Å²) in [4.78, 5) is 11.2. The van der Waals surface area contributed by atoms with Crippen LogP contribution in [0.4, 0.5) is 0 Å². The first kappa shape index (κ1) is 15.5. The van der Waals surface area contributed by atoms with Crippen LogP contribution >= 0.6 is 38.6 Å². The summed E-state index contributed by atoms with van der Waals surface area (Å²) >= 11 is 6.92. The molecule has 0 spiro atoms. The monoisotopic (exact) mass is 372 g/mol. The number of rotatable bonds is 5. The van der Waals surface area contributed by atoms with Crippen molar-refractivity contribution >= 4 is 44.6 Å². The van der Waals surface area contributed by atoms with Crippen molar-refractivity contribution in [2.75, 3.05) is 7.05 Å². The molecule has 0 aliphatic rings. The molecule has 0 unspecified atom stereocenters. The van der Waals surface area contributed by atoms with Crippen molar-refractivity contribution in [3.05, 3.63) is 36.9 Å². The average molecular weight is 373 g/mol. The molecular formula is C13H17BrN4S2. The van der Waals surface area contributed by atoms with Crippen LogP contribution in [-0.2, 0) is 19.5 Å².